The zero-order chi connectivity index (χ0) is 14.8. The molecule has 3 rings (SSSR count). The number of hydrogen-bond donors (Lipinski definition) is 1. The highest BCUT2D eigenvalue weighted by molar-refractivity contribution is 5.82. The van der Waals surface area contributed by atoms with Gasteiger partial charge in [0, 0.05) is 6.54 Å². The molecule has 2 aliphatic rings. The molecule has 0 spiro atoms. The predicted molar refractivity (Wildman–Crippen MR) is 77.3 cm³/mol. The second-order valence-electron chi connectivity index (χ2n) is 5.88. The van der Waals surface area contributed by atoms with Gasteiger partial charge in [-0.15, -0.1) is 0 Å². The molecule has 0 aromatic heterocycles. The van der Waals surface area contributed by atoms with Crippen molar-refractivity contribution in [3.8, 4) is 0 Å². The van der Waals surface area contributed by atoms with E-state index in [1.54, 1.807) is 12.1 Å². The summed E-state index contributed by atoms with van der Waals surface area (Å²) >= 11 is 0. The summed E-state index contributed by atoms with van der Waals surface area (Å²) in [5.74, 6) is -0.0968. The molecule has 2 aliphatic heterocycles. The molecule has 0 saturated carbocycles. The molecule has 0 unspecified atom stereocenters. The summed E-state index contributed by atoms with van der Waals surface area (Å²) in [5.41, 5.74) is 0.917. The van der Waals surface area contributed by atoms with Crippen molar-refractivity contribution in [2.45, 2.75) is 38.0 Å². The molecule has 21 heavy (non-hydrogen) atoms. The highest BCUT2D eigenvalue weighted by Gasteiger charge is 2.33. The lowest BCUT2D eigenvalue weighted by atomic mass is 10.1. The second-order valence-corrected chi connectivity index (χ2v) is 5.88. The Bertz CT molecular complexity index is 500. The van der Waals surface area contributed by atoms with Gasteiger partial charge in [-0.2, -0.15) is 0 Å². The van der Waals surface area contributed by atoms with E-state index in [1.807, 2.05) is 11.8 Å². The van der Waals surface area contributed by atoms with Crippen LogP contribution in [0.4, 0.5) is 4.39 Å². The molecule has 5 heteroatoms. The fourth-order valence-electron chi connectivity index (χ4n) is 3.11. The van der Waals surface area contributed by atoms with Gasteiger partial charge in [-0.05, 0) is 44.0 Å². The van der Waals surface area contributed by atoms with Crippen molar-refractivity contribution in [3.05, 3.63) is 35.6 Å². The Balaban J connectivity index is 1.71. The summed E-state index contributed by atoms with van der Waals surface area (Å²) in [6, 6.07) is 6.28. The Morgan fingerprint density at radius 3 is 2.76 bits per heavy atom. The van der Waals surface area contributed by atoms with Crippen LogP contribution in [0.25, 0.3) is 0 Å². The average Bonchev–Trinajstić information content (AvgIpc) is 3.00. The molecule has 1 N–H and O–H groups in total. The van der Waals surface area contributed by atoms with Crippen LogP contribution in [-0.2, 0) is 9.53 Å². The third kappa shape index (κ3) is 3.24. The Kier molecular flexibility index (Phi) is 4.22. The number of morpholine rings is 1. The first-order valence-corrected chi connectivity index (χ1v) is 7.56. The van der Waals surface area contributed by atoms with Crippen molar-refractivity contribution in [3.63, 3.8) is 0 Å². The van der Waals surface area contributed by atoms with Gasteiger partial charge in [0.15, 0.2) is 0 Å². The first kappa shape index (κ1) is 14.5. The van der Waals surface area contributed by atoms with E-state index < -0.39 is 0 Å². The zero-order valence-electron chi connectivity index (χ0n) is 12.2. The third-order valence-corrected chi connectivity index (χ3v) is 4.17. The van der Waals surface area contributed by atoms with Crippen LogP contribution in [0.5, 0.6) is 0 Å². The van der Waals surface area contributed by atoms with Crippen LogP contribution in [0.1, 0.15) is 31.4 Å². The summed E-state index contributed by atoms with van der Waals surface area (Å²) in [5, 5.41) is 3.25. The molecule has 1 amide bonds. The van der Waals surface area contributed by atoms with Crippen LogP contribution in [0, 0.1) is 5.82 Å². The molecule has 0 radical (unpaired) electrons. The van der Waals surface area contributed by atoms with E-state index in [0.29, 0.717) is 13.1 Å². The van der Waals surface area contributed by atoms with Crippen LogP contribution in [0.2, 0.25) is 0 Å². The van der Waals surface area contributed by atoms with Crippen molar-refractivity contribution in [1.29, 1.82) is 0 Å². The number of rotatable bonds is 2. The van der Waals surface area contributed by atoms with Gasteiger partial charge in [-0.1, -0.05) is 12.1 Å². The Labute approximate surface area is 124 Å². The first-order valence-electron chi connectivity index (χ1n) is 7.56. The van der Waals surface area contributed by atoms with E-state index in [9.17, 15) is 9.18 Å². The normalized spacial score (nSPS) is 29.6. The van der Waals surface area contributed by atoms with E-state index in [2.05, 4.69) is 5.32 Å². The molecule has 4 nitrogen and oxygen atoms in total. The summed E-state index contributed by atoms with van der Waals surface area (Å²) in [4.78, 5) is 14.4. The quantitative estimate of drug-likeness (QED) is 0.905. The molecular weight excluding hydrogens is 271 g/mol. The monoisotopic (exact) mass is 292 g/mol. The molecule has 3 atom stereocenters. The lowest BCUT2D eigenvalue weighted by Gasteiger charge is -2.38. The summed E-state index contributed by atoms with van der Waals surface area (Å²) < 4.78 is 18.9. The van der Waals surface area contributed by atoms with Gasteiger partial charge in [-0.3, -0.25) is 4.79 Å². The molecule has 0 bridgehead atoms. The molecule has 2 fully saturated rings. The minimum absolute atomic E-state index is 0.0147. The average molecular weight is 292 g/mol. The van der Waals surface area contributed by atoms with E-state index in [1.165, 1.54) is 12.1 Å². The third-order valence-electron chi connectivity index (χ3n) is 4.17. The lowest BCUT2D eigenvalue weighted by Crippen LogP contribution is -2.51. The second kappa shape index (κ2) is 6.12. The summed E-state index contributed by atoms with van der Waals surface area (Å²) in [6.07, 6.45) is 1.77. The Morgan fingerprint density at radius 1 is 1.33 bits per heavy atom. The van der Waals surface area contributed by atoms with E-state index in [-0.39, 0.29) is 30.0 Å². The molecular formula is C16H21FN2O2. The van der Waals surface area contributed by atoms with Crippen molar-refractivity contribution in [2.75, 3.05) is 19.6 Å². The number of hydrogen-bond acceptors (Lipinski definition) is 3. The number of carbonyl (C=O) groups is 1. The van der Waals surface area contributed by atoms with Gasteiger partial charge < -0.3 is 15.0 Å². The standard InChI is InChI=1S/C16H21FN2O2/c1-11-9-19(16(20)14-3-2-8-18-14)10-15(21-11)12-4-6-13(17)7-5-12/h4-7,11,14-15,18H,2-3,8-10H2,1H3/t11-,14+,15-/m1/s1. The van der Waals surface area contributed by atoms with Crippen molar-refractivity contribution in [1.82, 2.24) is 10.2 Å². The molecule has 2 heterocycles. The van der Waals surface area contributed by atoms with Gasteiger partial charge >= 0.3 is 0 Å². The van der Waals surface area contributed by atoms with E-state index in [4.69, 9.17) is 4.74 Å². The zero-order valence-corrected chi connectivity index (χ0v) is 12.2. The highest BCUT2D eigenvalue weighted by atomic mass is 19.1. The maximum atomic E-state index is 13.0. The Morgan fingerprint density at radius 2 is 2.10 bits per heavy atom. The SMILES string of the molecule is C[C@@H]1CN(C(=O)[C@@H]2CCCN2)C[C@H](c2ccc(F)cc2)O1. The largest absolute Gasteiger partial charge is 0.367 e. The summed E-state index contributed by atoms with van der Waals surface area (Å²) in [7, 11) is 0. The number of halogens is 1. The molecule has 1 aromatic rings. The molecule has 1 aromatic carbocycles. The molecule has 114 valence electrons. The van der Waals surface area contributed by atoms with Crippen LogP contribution in [0.15, 0.2) is 24.3 Å². The fourth-order valence-corrected chi connectivity index (χ4v) is 3.11. The Hall–Kier alpha value is -1.46. The number of nitrogens with zero attached hydrogens (tertiary/aromatic N) is 1. The van der Waals surface area contributed by atoms with Gasteiger partial charge in [0.25, 0.3) is 0 Å². The number of benzene rings is 1. The van der Waals surface area contributed by atoms with E-state index in [0.717, 1.165) is 24.9 Å². The molecule has 2 saturated heterocycles. The van der Waals surface area contributed by atoms with Gasteiger partial charge in [0.2, 0.25) is 5.91 Å². The maximum absolute atomic E-state index is 13.0. The van der Waals surface area contributed by atoms with Crippen molar-refractivity contribution >= 4 is 5.91 Å². The van der Waals surface area contributed by atoms with E-state index >= 15 is 0 Å². The smallest absolute Gasteiger partial charge is 0.239 e. The fraction of sp³-hybridized carbons (Fsp3) is 0.562. The minimum Gasteiger partial charge on any atom is -0.367 e. The van der Waals surface area contributed by atoms with Gasteiger partial charge in [-0.25, -0.2) is 4.39 Å². The number of carbonyl (C=O) groups excluding carboxylic acids is 1. The maximum Gasteiger partial charge on any atom is 0.239 e. The summed E-state index contributed by atoms with van der Waals surface area (Å²) in [6.45, 7) is 4.04. The topological polar surface area (TPSA) is 41.6 Å². The highest BCUT2D eigenvalue weighted by Crippen LogP contribution is 2.26. The number of amides is 1. The minimum atomic E-state index is -0.259. The first-order chi connectivity index (χ1) is 10.1. The van der Waals surface area contributed by atoms with Crippen LogP contribution >= 0.6 is 0 Å². The van der Waals surface area contributed by atoms with Gasteiger partial charge in [0.1, 0.15) is 11.9 Å². The van der Waals surface area contributed by atoms with Crippen molar-refractivity contribution < 1.29 is 13.9 Å². The number of nitrogens with one attached hydrogen (secondary N) is 1. The van der Waals surface area contributed by atoms with Crippen molar-refractivity contribution in [2.24, 2.45) is 0 Å². The van der Waals surface area contributed by atoms with Crippen LogP contribution < -0.4 is 5.32 Å². The van der Waals surface area contributed by atoms with Crippen LogP contribution in [0.3, 0.4) is 0 Å². The molecule has 0 aliphatic carbocycles. The predicted octanol–water partition coefficient (Wildman–Crippen LogP) is 1.87. The number of ether oxygens (including phenoxy) is 1. The van der Waals surface area contributed by atoms with Gasteiger partial charge in [0.05, 0.1) is 18.7 Å². The van der Waals surface area contributed by atoms with Crippen LogP contribution in [-0.4, -0.2) is 42.6 Å². The lowest BCUT2D eigenvalue weighted by molar-refractivity contribution is -0.146.